The average molecular weight is 502 g/mol. The fourth-order valence-corrected chi connectivity index (χ4v) is 3.88. The Labute approximate surface area is 186 Å². The molecule has 2 unspecified atom stereocenters. The van der Waals surface area contributed by atoms with Crippen LogP contribution in [0.1, 0.15) is 31.9 Å². The van der Waals surface area contributed by atoms with Crippen molar-refractivity contribution in [2.24, 2.45) is 10.9 Å². The molecule has 2 heterocycles. The zero-order valence-corrected chi connectivity index (χ0v) is 19.6. The molecular formula is C21H35IN4O2. The first-order chi connectivity index (χ1) is 13.1. The van der Waals surface area contributed by atoms with Crippen LogP contribution in [0.2, 0.25) is 0 Å². The summed E-state index contributed by atoms with van der Waals surface area (Å²) in [7, 11) is 1.83. The largest absolute Gasteiger partial charge is 0.379 e. The monoisotopic (exact) mass is 502 g/mol. The van der Waals surface area contributed by atoms with Crippen LogP contribution in [-0.4, -0.2) is 69.4 Å². The molecule has 2 fully saturated rings. The summed E-state index contributed by atoms with van der Waals surface area (Å²) in [6.45, 7) is 10.7. The number of halogens is 1. The maximum absolute atomic E-state index is 5.99. The normalized spacial score (nSPS) is 23.9. The molecule has 6 nitrogen and oxygen atoms in total. The van der Waals surface area contributed by atoms with Crippen LogP contribution in [0.5, 0.6) is 0 Å². The maximum atomic E-state index is 5.99. The molecule has 1 aromatic rings. The second-order valence-corrected chi connectivity index (χ2v) is 7.97. The predicted octanol–water partition coefficient (Wildman–Crippen LogP) is 2.66. The summed E-state index contributed by atoms with van der Waals surface area (Å²) >= 11 is 0. The molecule has 0 aromatic heterocycles. The van der Waals surface area contributed by atoms with E-state index in [9.17, 15) is 0 Å². The number of guanidine groups is 1. The fraction of sp³-hybridized carbons (Fsp3) is 0.667. The summed E-state index contributed by atoms with van der Waals surface area (Å²) in [6, 6.07) is 10.5. The Balaban J connectivity index is 0.00000280. The summed E-state index contributed by atoms with van der Waals surface area (Å²) in [5.41, 5.74) is 1.32. The van der Waals surface area contributed by atoms with Gasteiger partial charge in [0.1, 0.15) is 0 Å². The minimum atomic E-state index is 0. The van der Waals surface area contributed by atoms with Gasteiger partial charge in [-0.15, -0.1) is 24.0 Å². The number of nitrogens with zero attached hydrogens (tertiary/aromatic N) is 2. The first-order valence-corrected chi connectivity index (χ1v) is 10.0. The van der Waals surface area contributed by atoms with E-state index in [1.165, 1.54) is 5.56 Å². The molecule has 2 saturated heterocycles. The highest BCUT2D eigenvalue weighted by Crippen LogP contribution is 2.33. The molecule has 2 aliphatic rings. The van der Waals surface area contributed by atoms with E-state index in [0.29, 0.717) is 5.92 Å². The zero-order valence-electron chi connectivity index (χ0n) is 17.3. The Morgan fingerprint density at radius 1 is 1.14 bits per heavy atom. The maximum Gasteiger partial charge on any atom is 0.191 e. The smallest absolute Gasteiger partial charge is 0.191 e. The summed E-state index contributed by atoms with van der Waals surface area (Å²) < 4.78 is 11.5. The van der Waals surface area contributed by atoms with Crippen LogP contribution in [-0.2, 0) is 9.47 Å². The van der Waals surface area contributed by atoms with Gasteiger partial charge in [-0.2, -0.15) is 0 Å². The predicted molar refractivity (Wildman–Crippen MR) is 124 cm³/mol. The number of benzene rings is 1. The van der Waals surface area contributed by atoms with Crippen molar-refractivity contribution in [3.05, 3.63) is 35.9 Å². The van der Waals surface area contributed by atoms with Crippen molar-refractivity contribution in [2.75, 3.05) is 53.0 Å². The molecular weight excluding hydrogens is 467 g/mol. The summed E-state index contributed by atoms with van der Waals surface area (Å²) in [4.78, 5) is 6.88. The van der Waals surface area contributed by atoms with Crippen molar-refractivity contribution in [1.29, 1.82) is 0 Å². The summed E-state index contributed by atoms with van der Waals surface area (Å²) in [5.74, 6) is 1.31. The first kappa shape index (κ1) is 23.4. The third-order valence-corrected chi connectivity index (χ3v) is 5.65. The second-order valence-electron chi connectivity index (χ2n) is 7.97. The van der Waals surface area contributed by atoms with E-state index in [1.807, 2.05) is 13.1 Å². The Kier molecular flexibility index (Phi) is 9.46. The Hall–Kier alpha value is -0.900. The summed E-state index contributed by atoms with van der Waals surface area (Å²) in [5, 5.41) is 7.00. The lowest BCUT2D eigenvalue weighted by Crippen LogP contribution is -2.56. The van der Waals surface area contributed by atoms with Gasteiger partial charge in [0.25, 0.3) is 0 Å². The number of morpholine rings is 1. The Morgan fingerprint density at radius 2 is 1.86 bits per heavy atom. The van der Waals surface area contributed by atoms with Gasteiger partial charge in [0.2, 0.25) is 0 Å². The molecule has 158 valence electrons. The number of hydrogen-bond donors (Lipinski definition) is 2. The van der Waals surface area contributed by atoms with Crippen molar-refractivity contribution in [3.63, 3.8) is 0 Å². The fourth-order valence-electron chi connectivity index (χ4n) is 3.88. The topological polar surface area (TPSA) is 58.1 Å². The van der Waals surface area contributed by atoms with Gasteiger partial charge in [-0.1, -0.05) is 30.3 Å². The standard InChI is InChI=1S/C21H34N4O2.HI/c1-21(2,25-10-13-26-14-11-25)16-24-20(22-3)23-15-18-9-12-27-19(18)17-7-5-4-6-8-17;/h4-8,18-19H,9-16H2,1-3H3,(H2,22,23,24);1H. The van der Waals surface area contributed by atoms with Crippen molar-refractivity contribution >= 4 is 29.9 Å². The van der Waals surface area contributed by atoms with Crippen molar-refractivity contribution < 1.29 is 9.47 Å². The third-order valence-electron chi connectivity index (χ3n) is 5.65. The van der Waals surface area contributed by atoms with Crippen LogP contribution < -0.4 is 10.6 Å². The van der Waals surface area contributed by atoms with Gasteiger partial charge in [0.15, 0.2) is 5.96 Å². The van der Waals surface area contributed by atoms with Crippen LogP contribution in [0.3, 0.4) is 0 Å². The number of rotatable bonds is 6. The van der Waals surface area contributed by atoms with Gasteiger partial charge in [-0.25, -0.2) is 0 Å². The molecule has 2 N–H and O–H groups in total. The first-order valence-electron chi connectivity index (χ1n) is 10.0. The molecule has 0 amide bonds. The molecule has 7 heteroatoms. The Bertz CT molecular complexity index is 606. The van der Waals surface area contributed by atoms with E-state index in [-0.39, 0.29) is 35.6 Å². The molecule has 2 aliphatic heterocycles. The van der Waals surface area contributed by atoms with Crippen molar-refractivity contribution in [2.45, 2.75) is 31.9 Å². The van der Waals surface area contributed by atoms with Crippen LogP contribution in [0.15, 0.2) is 35.3 Å². The van der Waals surface area contributed by atoms with Crippen molar-refractivity contribution in [1.82, 2.24) is 15.5 Å². The molecule has 0 radical (unpaired) electrons. The zero-order chi connectivity index (χ0) is 19.1. The van der Waals surface area contributed by atoms with Gasteiger partial charge in [0.05, 0.1) is 19.3 Å². The number of hydrogen-bond acceptors (Lipinski definition) is 4. The highest BCUT2D eigenvalue weighted by atomic mass is 127. The lowest BCUT2D eigenvalue weighted by Gasteiger charge is -2.41. The van der Waals surface area contributed by atoms with Crippen LogP contribution in [0.4, 0.5) is 0 Å². The third kappa shape index (κ3) is 6.30. The molecule has 2 atom stereocenters. The molecule has 0 bridgehead atoms. The SMILES string of the molecule is CN=C(NCC1CCOC1c1ccccc1)NCC(C)(C)N1CCOCC1.I. The highest BCUT2D eigenvalue weighted by molar-refractivity contribution is 14.0. The number of ether oxygens (including phenoxy) is 2. The van der Waals surface area contributed by atoms with Gasteiger partial charge in [-0.05, 0) is 25.8 Å². The van der Waals surface area contributed by atoms with Gasteiger partial charge >= 0.3 is 0 Å². The van der Waals surface area contributed by atoms with Gasteiger partial charge < -0.3 is 20.1 Å². The number of aliphatic imine (C=N–C) groups is 1. The van der Waals surface area contributed by atoms with E-state index >= 15 is 0 Å². The van der Waals surface area contributed by atoms with E-state index in [2.05, 4.69) is 58.6 Å². The molecule has 0 spiro atoms. The van der Waals surface area contributed by atoms with Crippen molar-refractivity contribution in [3.8, 4) is 0 Å². The summed E-state index contributed by atoms with van der Waals surface area (Å²) in [6.07, 6.45) is 1.24. The van der Waals surface area contributed by atoms with E-state index in [4.69, 9.17) is 9.47 Å². The molecule has 28 heavy (non-hydrogen) atoms. The molecule has 0 saturated carbocycles. The quantitative estimate of drug-likeness (QED) is 0.356. The van der Waals surface area contributed by atoms with Gasteiger partial charge in [0, 0.05) is 51.3 Å². The second kappa shape index (κ2) is 11.3. The molecule has 1 aromatic carbocycles. The van der Waals surface area contributed by atoms with Crippen LogP contribution in [0.25, 0.3) is 0 Å². The molecule has 3 rings (SSSR count). The van der Waals surface area contributed by atoms with Gasteiger partial charge in [-0.3, -0.25) is 9.89 Å². The van der Waals surface area contributed by atoms with Crippen LogP contribution >= 0.6 is 24.0 Å². The minimum absolute atomic E-state index is 0. The highest BCUT2D eigenvalue weighted by Gasteiger charge is 2.30. The Morgan fingerprint density at radius 3 is 2.54 bits per heavy atom. The minimum Gasteiger partial charge on any atom is -0.379 e. The van der Waals surface area contributed by atoms with E-state index in [0.717, 1.165) is 58.4 Å². The average Bonchev–Trinajstić information content (AvgIpc) is 3.18. The van der Waals surface area contributed by atoms with E-state index < -0.39 is 0 Å². The van der Waals surface area contributed by atoms with Crippen LogP contribution in [0, 0.1) is 5.92 Å². The molecule has 0 aliphatic carbocycles. The number of nitrogens with one attached hydrogen (secondary N) is 2. The van der Waals surface area contributed by atoms with E-state index in [1.54, 1.807) is 0 Å². The lowest BCUT2D eigenvalue weighted by molar-refractivity contribution is -0.00834. The lowest BCUT2D eigenvalue weighted by atomic mass is 9.95.